The Morgan fingerprint density at radius 3 is 2.88 bits per heavy atom. The normalized spacial score (nSPS) is 25.2. The first-order valence-corrected chi connectivity index (χ1v) is 6.13. The molecular formula is C14H19NO. The highest BCUT2D eigenvalue weighted by molar-refractivity contribution is 5.58. The van der Waals surface area contributed by atoms with Gasteiger partial charge in [-0.1, -0.05) is 30.3 Å². The minimum Gasteiger partial charge on any atom is -0.307 e. The third-order valence-electron chi connectivity index (χ3n) is 3.43. The molecule has 0 saturated carbocycles. The predicted molar refractivity (Wildman–Crippen MR) is 65.3 cm³/mol. The second kappa shape index (κ2) is 5.80. The van der Waals surface area contributed by atoms with Crippen molar-refractivity contribution >= 4 is 6.29 Å². The number of piperidine rings is 1. The molecule has 1 heterocycles. The van der Waals surface area contributed by atoms with Crippen LogP contribution in [0.1, 0.15) is 24.8 Å². The van der Waals surface area contributed by atoms with Gasteiger partial charge < -0.3 is 10.1 Å². The summed E-state index contributed by atoms with van der Waals surface area (Å²) in [5.41, 5.74) is 1.37. The topological polar surface area (TPSA) is 29.1 Å². The van der Waals surface area contributed by atoms with E-state index in [2.05, 4.69) is 29.6 Å². The maximum absolute atomic E-state index is 10.9. The van der Waals surface area contributed by atoms with Crippen LogP contribution in [-0.2, 0) is 11.2 Å². The molecule has 1 aromatic carbocycles. The molecule has 0 amide bonds. The van der Waals surface area contributed by atoms with E-state index in [4.69, 9.17) is 0 Å². The predicted octanol–water partition coefficient (Wildman–Crippen LogP) is 2.19. The molecule has 2 nitrogen and oxygen atoms in total. The van der Waals surface area contributed by atoms with Crippen LogP contribution >= 0.6 is 0 Å². The number of nitrogens with one attached hydrogen (secondary N) is 1. The number of hydrogen-bond donors (Lipinski definition) is 1. The Bertz CT molecular complexity index is 323. The zero-order chi connectivity index (χ0) is 11.2. The van der Waals surface area contributed by atoms with Crippen LogP contribution in [0.25, 0.3) is 0 Å². The first-order valence-electron chi connectivity index (χ1n) is 6.13. The van der Waals surface area contributed by atoms with Crippen LogP contribution in [0.5, 0.6) is 0 Å². The zero-order valence-corrected chi connectivity index (χ0v) is 9.56. The summed E-state index contributed by atoms with van der Waals surface area (Å²) in [5, 5.41) is 3.29. The molecule has 1 aromatic rings. The standard InChI is InChI=1S/C14H19NO/c16-11-14-13(7-4-10-15-14)9-8-12-5-2-1-3-6-12/h1-3,5-6,11,13-15H,4,7-10H2. The molecule has 0 aliphatic carbocycles. The fourth-order valence-corrected chi connectivity index (χ4v) is 2.46. The van der Waals surface area contributed by atoms with E-state index in [9.17, 15) is 4.79 Å². The molecule has 1 N–H and O–H groups in total. The van der Waals surface area contributed by atoms with Gasteiger partial charge in [0.15, 0.2) is 0 Å². The number of rotatable bonds is 4. The van der Waals surface area contributed by atoms with Gasteiger partial charge in [0.25, 0.3) is 0 Å². The molecule has 0 aromatic heterocycles. The molecule has 16 heavy (non-hydrogen) atoms. The monoisotopic (exact) mass is 217 g/mol. The number of carbonyl (C=O) groups excluding carboxylic acids is 1. The van der Waals surface area contributed by atoms with Gasteiger partial charge >= 0.3 is 0 Å². The Labute approximate surface area is 97.1 Å². The van der Waals surface area contributed by atoms with E-state index in [0.29, 0.717) is 5.92 Å². The number of benzene rings is 1. The van der Waals surface area contributed by atoms with E-state index in [1.807, 2.05) is 6.07 Å². The number of hydrogen-bond acceptors (Lipinski definition) is 2. The van der Waals surface area contributed by atoms with Crippen LogP contribution in [0.2, 0.25) is 0 Å². The van der Waals surface area contributed by atoms with Crippen LogP contribution in [0.15, 0.2) is 30.3 Å². The lowest BCUT2D eigenvalue weighted by atomic mass is 9.86. The molecule has 2 rings (SSSR count). The van der Waals surface area contributed by atoms with Gasteiger partial charge in [0.2, 0.25) is 0 Å². The lowest BCUT2D eigenvalue weighted by molar-refractivity contribution is -0.111. The minimum absolute atomic E-state index is 0.0810. The Kier molecular flexibility index (Phi) is 4.11. The molecule has 2 unspecified atom stereocenters. The van der Waals surface area contributed by atoms with Crippen LogP contribution < -0.4 is 5.32 Å². The van der Waals surface area contributed by atoms with Crippen LogP contribution in [0, 0.1) is 5.92 Å². The first-order chi connectivity index (χ1) is 7.90. The summed E-state index contributed by atoms with van der Waals surface area (Å²) in [7, 11) is 0. The maximum Gasteiger partial charge on any atom is 0.137 e. The van der Waals surface area contributed by atoms with E-state index in [1.165, 1.54) is 18.4 Å². The van der Waals surface area contributed by atoms with Crippen molar-refractivity contribution in [1.29, 1.82) is 0 Å². The van der Waals surface area contributed by atoms with Crippen LogP contribution in [-0.4, -0.2) is 18.9 Å². The van der Waals surface area contributed by atoms with Crippen LogP contribution in [0.4, 0.5) is 0 Å². The second-order valence-electron chi connectivity index (χ2n) is 4.54. The summed E-state index contributed by atoms with van der Waals surface area (Å²) in [6, 6.07) is 10.6. The van der Waals surface area contributed by atoms with E-state index in [-0.39, 0.29) is 6.04 Å². The summed E-state index contributed by atoms with van der Waals surface area (Å²) in [6.45, 7) is 0.991. The molecule has 86 valence electrons. The molecule has 0 radical (unpaired) electrons. The van der Waals surface area contributed by atoms with Gasteiger partial charge in [-0.3, -0.25) is 0 Å². The smallest absolute Gasteiger partial charge is 0.137 e. The SMILES string of the molecule is O=CC1NCCCC1CCc1ccccc1. The Hall–Kier alpha value is -1.15. The highest BCUT2D eigenvalue weighted by atomic mass is 16.1. The highest BCUT2D eigenvalue weighted by Gasteiger charge is 2.23. The number of aryl methyl sites for hydroxylation is 1. The zero-order valence-electron chi connectivity index (χ0n) is 9.56. The summed E-state index contributed by atoms with van der Waals surface area (Å²) < 4.78 is 0. The van der Waals surface area contributed by atoms with Crippen LogP contribution in [0.3, 0.4) is 0 Å². The Morgan fingerprint density at radius 1 is 1.31 bits per heavy atom. The minimum atomic E-state index is 0.0810. The summed E-state index contributed by atoms with van der Waals surface area (Å²) >= 11 is 0. The first kappa shape index (κ1) is 11.3. The fraction of sp³-hybridized carbons (Fsp3) is 0.500. The van der Waals surface area contributed by atoms with Crippen molar-refractivity contribution in [3.8, 4) is 0 Å². The average Bonchev–Trinajstić information content (AvgIpc) is 2.38. The Balaban J connectivity index is 1.86. The van der Waals surface area contributed by atoms with Gasteiger partial charge in [0.05, 0.1) is 6.04 Å². The molecule has 0 bridgehead atoms. The van der Waals surface area contributed by atoms with Crippen molar-refractivity contribution in [2.24, 2.45) is 5.92 Å². The third kappa shape index (κ3) is 2.92. The van der Waals surface area contributed by atoms with Crippen molar-refractivity contribution < 1.29 is 4.79 Å². The molecular weight excluding hydrogens is 198 g/mol. The van der Waals surface area contributed by atoms with Gasteiger partial charge in [-0.2, -0.15) is 0 Å². The quantitative estimate of drug-likeness (QED) is 0.783. The summed E-state index contributed by atoms with van der Waals surface area (Å²) in [4.78, 5) is 10.9. The summed E-state index contributed by atoms with van der Waals surface area (Å²) in [6.07, 6.45) is 5.65. The highest BCUT2D eigenvalue weighted by Crippen LogP contribution is 2.21. The molecule has 1 saturated heterocycles. The molecule has 1 aliphatic rings. The van der Waals surface area contributed by atoms with Crippen molar-refractivity contribution in [2.45, 2.75) is 31.7 Å². The average molecular weight is 217 g/mol. The molecule has 1 fully saturated rings. The third-order valence-corrected chi connectivity index (χ3v) is 3.43. The second-order valence-corrected chi connectivity index (χ2v) is 4.54. The van der Waals surface area contributed by atoms with Gasteiger partial charge in [0.1, 0.15) is 6.29 Å². The number of aldehydes is 1. The van der Waals surface area contributed by atoms with Crippen molar-refractivity contribution in [2.75, 3.05) is 6.54 Å². The lowest BCUT2D eigenvalue weighted by Gasteiger charge is -2.28. The summed E-state index contributed by atoms with van der Waals surface area (Å²) in [5.74, 6) is 0.520. The molecule has 1 aliphatic heterocycles. The lowest BCUT2D eigenvalue weighted by Crippen LogP contribution is -2.42. The van der Waals surface area contributed by atoms with E-state index in [0.717, 1.165) is 25.7 Å². The molecule has 0 spiro atoms. The fourth-order valence-electron chi connectivity index (χ4n) is 2.46. The molecule has 2 heteroatoms. The van der Waals surface area contributed by atoms with E-state index < -0.39 is 0 Å². The van der Waals surface area contributed by atoms with Gasteiger partial charge in [-0.25, -0.2) is 0 Å². The van der Waals surface area contributed by atoms with Gasteiger partial charge in [-0.05, 0) is 43.7 Å². The largest absolute Gasteiger partial charge is 0.307 e. The van der Waals surface area contributed by atoms with Gasteiger partial charge in [-0.15, -0.1) is 0 Å². The number of carbonyl (C=O) groups is 1. The maximum atomic E-state index is 10.9. The Morgan fingerprint density at radius 2 is 2.12 bits per heavy atom. The molecule has 2 atom stereocenters. The van der Waals surface area contributed by atoms with Crippen molar-refractivity contribution in [3.05, 3.63) is 35.9 Å². The van der Waals surface area contributed by atoms with Crippen molar-refractivity contribution in [1.82, 2.24) is 5.32 Å². The van der Waals surface area contributed by atoms with Gasteiger partial charge in [0, 0.05) is 0 Å². The van der Waals surface area contributed by atoms with E-state index >= 15 is 0 Å². The van der Waals surface area contributed by atoms with Crippen molar-refractivity contribution in [3.63, 3.8) is 0 Å². The van der Waals surface area contributed by atoms with E-state index in [1.54, 1.807) is 0 Å².